The lowest BCUT2D eigenvalue weighted by atomic mass is 10.1. The molecule has 1 atom stereocenters. The number of sulfone groups is 1. The fourth-order valence-electron chi connectivity index (χ4n) is 1.86. The fourth-order valence-corrected chi connectivity index (χ4v) is 2.65. The number of nitrogens with one attached hydrogen (secondary N) is 2. The summed E-state index contributed by atoms with van der Waals surface area (Å²) in [6, 6.07) is 6.95. The van der Waals surface area contributed by atoms with Crippen molar-refractivity contribution >= 4 is 21.7 Å². The smallest absolute Gasteiger partial charge is 0.248 e. The van der Waals surface area contributed by atoms with Crippen molar-refractivity contribution in [3.8, 4) is 0 Å². The Morgan fingerprint density at radius 3 is 2.39 bits per heavy atom. The molecule has 1 aromatic rings. The van der Waals surface area contributed by atoms with Crippen LogP contribution in [0.1, 0.15) is 29.3 Å². The van der Waals surface area contributed by atoms with Gasteiger partial charge in [0.1, 0.15) is 9.84 Å². The van der Waals surface area contributed by atoms with Crippen LogP contribution in [-0.2, 0) is 16.4 Å². The number of hydrogen-bond acceptors (Lipinski definition) is 4. The lowest BCUT2D eigenvalue weighted by molar-refractivity contribution is 0.100. The Balaban J connectivity index is 2.49. The molecular weight excluding hydrogens is 316 g/mol. The van der Waals surface area contributed by atoms with Gasteiger partial charge < -0.3 is 16.4 Å². The van der Waals surface area contributed by atoms with Crippen molar-refractivity contribution in [2.45, 2.75) is 25.9 Å². The Labute approximate surface area is 137 Å². The number of primary amides is 1. The summed E-state index contributed by atoms with van der Waals surface area (Å²) in [7, 11) is -1.32. The van der Waals surface area contributed by atoms with E-state index in [1.807, 2.05) is 19.1 Å². The molecular formula is C15H24N4O3S. The molecule has 8 heteroatoms. The average Bonchev–Trinajstić information content (AvgIpc) is 2.49. The Bertz CT molecular complexity index is 654. The van der Waals surface area contributed by atoms with Crippen LogP contribution in [0.2, 0.25) is 0 Å². The summed E-state index contributed by atoms with van der Waals surface area (Å²) in [6.07, 6.45) is 1.73. The molecule has 128 valence electrons. The Kier molecular flexibility index (Phi) is 7.02. The Morgan fingerprint density at radius 2 is 1.91 bits per heavy atom. The summed E-state index contributed by atoms with van der Waals surface area (Å²) in [5, 5.41) is 6.28. The van der Waals surface area contributed by atoms with E-state index in [4.69, 9.17) is 5.73 Å². The lowest BCUT2D eigenvalue weighted by Gasteiger charge is -2.17. The minimum atomic E-state index is -2.97. The fraction of sp³-hybridized carbons (Fsp3) is 0.467. The second-order valence-corrected chi connectivity index (χ2v) is 7.71. The van der Waals surface area contributed by atoms with Gasteiger partial charge in [0.2, 0.25) is 5.91 Å². The van der Waals surface area contributed by atoms with Gasteiger partial charge >= 0.3 is 0 Å². The highest BCUT2D eigenvalue weighted by Gasteiger charge is 2.09. The molecule has 1 amide bonds. The number of nitrogens with two attached hydrogens (primary N) is 1. The zero-order chi connectivity index (χ0) is 17.5. The van der Waals surface area contributed by atoms with Crippen molar-refractivity contribution in [2.24, 2.45) is 10.7 Å². The summed E-state index contributed by atoms with van der Waals surface area (Å²) >= 11 is 0. The van der Waals surface area contributed by atoms with Crippen LogP contribution < -0.4 is 16.4 Å². The number of rotatable bonds is 7. The minimum absolute atomic E-state index is 0.0202. The zero-order valence-electron chi connectivity index (χ0n) is 13.7. The quantitative estimate of drug-likeness (QED) is 0.487. The van der Waals surface area contributed by atoms with E-state index in [-0.39, 0.29) is 11.8 Å². The molecule has 0 fully saturated rings. The Morgan fingerprint density at radius 1 is 1.30 bits per heavy atom. The van der Waals surface area contributed by atoms with E-state index in [2.05, 4.69) is 15.6 Å². The van der Waals surface area contributed by atoms with Crippen LogP contribution in [0.3, 0.4) is 0 Å². The lowest BCUT2D eigenvalue weighted by Crippen LogP contribution is -2.42. The number of benzene rings is 1. The third-order valence-corrected chi connectivity index (χ3v) is 4.20. The van der Waals surface area contributed by atoms with Crippen LogP contribution >= 0.6 is 0 Å². The molecule has 0 aliphatic rings. The average molecular weight is 340 g/mol. The number of aliphatic imine (C=N–C) groups is 1. The van der Waals surface area contributed by atoms with E-state index in [0.29, 0.717) is 24.5 Å². The second-order valence-electron chi connectivity index (χ2n) is 5.45. The highest BCUT2D eigenvalue weighted by molar-refractivity contribution is 7.90. The molecule has 4 N–H and O–H groups in total. The van der Waals surface area contributed by atoms with Crippen molar-refractivity contribution in [1.82, 2.24) is 10.6 Å². The van der Waals surface area contributed by atoms with E-state index in [1.54, 1.807) is 19.2 Å². The molecule has 0 spiro atoms. The molecule has 0 aliphatic carbocycles. The third-order valence-electron chi connectivity index (χ3n) is 3.23. The number of carbonyl (C=O) groups is 1. The largest absolute Gasteiger partial charge is 0.366 e. The van der Waals surface area contributed by atoms with Gasteiger partial charge in [-0.15, -0.1) is 0 Å². The maximum atomic E-state index is 11.2. The van der Waals surface area contributed by atoms with Gasteiger partial charge in [-0.05, 0) is 31.0 Å². The van der Waals surface area contributed by atoms with Crippen LogP contribution in [-0.4, -0.2) is 45.4 Å². The van der Waals surface area contributed by atoms with Gasteiger partial charge in [0.15, 0.2) is 5.96 Å². The number of nitrogens with zero attached hydrogens (tertiary/aromatic N) is 1. The molecule has 7 nitrogen and oxygen atoms in total. The highest BCUT2D eigenvalue weighted by Crippen LogP contribution is 2.03. The first-order valence-corrected chi connectivity index (χ1v) is 9.31. The predicted octanol–water partition coefficient (Wildman–Crippen LogP) is 0.274. The van der Waals surface area contributed by atoms with Crippen LogP contribution in [0, 0.1) is 0 Å². The molecule has 0 bridgehead atoms. The highest BCUT2D eigenvalue weighted by atomic mass is 32.2. The van der Waals surface area contributed by atoms with Gasteiger partial charge in [-0.2, -0.15) is 0 Å². The van der Waals surface area contributed by atoms with Gasteiger partial charge in [-0.3, -0.25) is 9.79 Å². The molecule has 1 rings (SSSR count). The van der Waals surface area contributed by atoms with Crippen LogP contribution in [0.15, 0.2) is 29.3 Å². The van der Waals surface area contributed by atoms with Crippen molar-refractivity contribution in [2.75, 3.05) is 19.1 Å². The number of amides is 1. The first-order valence-electron chi connectivity index (χ1n) is 7.25. The van der Waals surface area contributed by atoms with E-state index in [9.17, 15) is 13.2 Å². The van der Waals surface area contributed by atoms with Crippen molar-refractivity contribution in [3.05, 3.63) is 35.4 Å². The maximum absolute atomic E-state index is 11.2. The summed E-state index contributed by atoms with van der Waals surface area (Å²) in [5.74, 6) is 0.263. The third kappa shape index (κ3) is 7.64. The molecule has 0 aliphatic heterocycles. The summed E-state index contributed by atoms with van der Waals surface area (Å²) in [5.41, 5.74) is 6.63. The normalized spacial score (nSPS) is 13.4. The monoisotopic (exact) mass is 340 g/mol. The molecule has 0 saturated carbocycles. The second kappa shape index (κ2) is 8.52. The summed E-state index contributed by atoms with van der Waals surface area (Å²) in [6.45, 7) is 2.43. The molecule has 0 saturated heterocycles. The van der Waals surface area contributed by atoms with Gasteiger partial charge in [-0.25, -0.2) is 8.42 Å². The molecule has 23 heavy (non-hydrogen) atoms. The number of hydrogen-bond donors (Lipinski definition) is 3. The van der Waals surface area contributed by atoms with E-state index in [1.165, 1.54) is 6.26 Å². The van der Waals surface area contributed by atoms with Gasteiger partial charge in [-0.1, -0.05) is 12.1 Å². The number of guanidine groups is 1. The molecule has 0 heterocycles. The van der Waals surface area contributed by atoms with Gasteiger partial charge in [0.05, 0.1) is 5.75 Å². The first-order chi connectivity index (χ1) is 10.7. The SMILES string of the molecule is CN=C(NCc1ccc(C(N)=O)cc1)NC(C)CCS(C)(=O)=O. The van der Waals surface area contributed by atoms with Gasteiger partial charge in [0, 0.05) is 31.5 Å². The number of carbonyl (C=O) groups excluding carboxylic acids is 1. The first kappa shape index (κ1) is 19.0. The topological polar surface area (TPSA) is 114 Å². The standard InChI is InChI=1S/C15H24N4O3S/c1-11(8-9-23(3,21)22)19-15(17-2)18-10-12-4-6-13(7-5-12)14(16)20/h4-7,11H,8-10H2,1-3H3,(H2,16,20)(H2,17,18,19). The zero-order valence-corrected chi connectivity index (χ0v) is 14.5. The molecule has 0 radical (unpaired) electrons. The minimum Gasteiger partial charge on any atom is -0.366 e. The van der Waals surface area contributed by atoms with Crippen LogP contribution in [0.5, 0.6) is 0 Å². The summed E-state index contributed by atoms with van der Waals surface area (Å²) in [4.78, 5) is 15.1. The van der Waals surface area contributed by atoms with Crippen LogP contribution in [0.4, 0.5) is 0 Å². The van der Waals surface area contributed by atoms with Gasteiger partial charge in [0.25, 0.3) is 0 Å². The van der Waals surface area contributed by atoms with E-state index in [0.717, 1.165) is 5.56 Å². The predicted molar refractivity (Wildman–Crippen MR) is 92.1 cm³/mol. The van der Waals surface area contributed by atoms with E-state index < -0.39 is 15.7 Å². The molecule has 1 aromatic carbocycles. The van der Waals surface area contributed by atoms with Crippen LogP contribution in [0.25, 0.3) is 0 Å². The maximum Gasteiger partial charge on any atom is 0.248 e. The van der Waals surface area contributed by atoms with Crippen molar-refractivity contribution in [1.29, 1.82) is 0 Å². The Hall–Kier alpha value is -2.09. The van der Waals surface area contributed by atoms with Crippen molar-refractivity contribution in [3.63, 3.8) is 0 Å². The summed E-state index contributed by atoms with van der Waals surface area (Å²) < 4.78 is 22.3. The van der Waals surface area contributed by atoms with Crippen molar-refractivity contribution < 1.29 is 13.2 Å². The van der Waals surface area contributed by atoms with E-state index >= 15 is 0 Å². The molecule has 0 aromatic heterocycles. The molecule has 1 unspecified atom stereocenters.